The normalized spacial score (nSPS) is 10.7. The molecular formula is C14H17N3O3. The topological polar surface area (TPSA) is 77.2 Å². The predicted molar refractivity (Wildman–Crippen MR) is 73.5 cm³/mol. The van der Waals surface area contributed by atoms with Crippen LogP contribution >= 0.6 is 0 Å². The number of aromatic nitrogens is 3. The van der Waals surface area contributed by atoms with E-state index in [2.05, 4.69) is 10.3 Å². The molecule has 0 aliphatic heterocycles. The monoisotopic (exact) mass is 275 g/mol. The molecular weight excluding hydrogens is 258 g/mol. The summed E-state index contributed by atoms with van der Waals surface area (Å²) in [6.45, 7) is 3.80. The van der Waals surface area contributed by atoms with Crippen molar-refractivity contribution in [1.29, 1.82) is 0 Å². The summed E-state index contributed by atoms with van der Waals surface area (Å²) >= 11 is 0. The number of ether oxygens (including phenoxy) is 1. The molecule has 106 valence electrons. The number of carboxylic acid groups (broad SMARTS) is 1. The fourth-order valence-corrected chi connectivity index (χ4v) is 1.96. The van der Waals surface area contributed by atoms with E-state index in [1.54, 1.807) is 4.68 Å². The Bertz CT molecular complexity index is 566. The van der Waals surface area contributed by atoms with Gasteiger partial charge in [0.2, 0.25) is 0 Å². The van der Waals surface area contributed by atoms with Gasteiger partial charge in [0, 0.05) is 25.3 Å². The molecule has 0 saturated heterocycles. The molecule has 0 atom stereocenters. The number of rotatable bonds is 7. The van der Waals surface area contributed by atoms with E-state index >= 15 is 0 Å². The molecule has 0 amide bonds. The summed E-state index contributed by atoms with van der Waals surface area (Å²) in [6.07, 6.45) is 0.760. The van der Waals surface area contributed by atoms with Gasteiger partial charge in [0.1, 0.15) is 5.69 Å². The maximum Gasteiger partial charge on any atom is 0.358 e. The third-order valence-corrected chi connectivity index (χ3v) is 2.85. The second-order valence-corrected chi connectivity index (χ2v) is 4.23. The molecule has 20 heavy (non-hydrogen) atoms. The molecule has 0 saturated carbocycles. The summed E-state index contributed by atoms with van der Waals surface area (Å²) in [4.78, 5) is 11.2. The molecule has 2 rings (SSSR count). The van der Waals surface area contributed by atoms with Gasteiger partial charge >= 0.3 is 5.97 Å². The number of aryl methyl sites for hydroxylation is 1. The van der Waals surface area contributed by atoms with Crippen LogP contribution in [-0.4, -0.2) is 39.3 Å². The van der Waals surface area contributed by atoms with E-state index in [1.165, 1.54) is 0 Å². The van der Waals surface area contributed by atoms with Gasteiger partial charge in [-0.2, -0.15) is 0 Å². The summed E-state index contributed by atoms with van der Waals surface area (Å²) in [6, 6.07) is 9.30. The predicted octanol–water partition coefficient (Wildman–Crippen LogP) is 2.07. The Balaban J connectivity index is 2.26. The van der Waals surface area contributed by atoms with Gasteiger partial charge in [-0.25, -0.2) is 9.48 Å². The first-order valence-electron chi connectivity index (χ1n) is 6.54. The fraction of sp³-hybridized carbons (Fsp3) is 0.357. The van der Waals surface area contributed by atoms with Gasteiger partial charge in [-0.3, -0.25) is 0 Å². The van der Waals surface area contributed by atoms with E-state index in [0.29, 0.717) is 25.5 Å². The van der Waals surface area contributed by atoms with Crippen LogP contribution in [0.2, 0.25) is 0 Å². The molecule has 0 spiro atoms. The molecule has 0 aliphatic carbocycles. The first kappa shape index (κ1) is 14.2. The van der Waals surface area contributed by atoms with Crippen molar-refractivity contribution in [3.8, 4) is 11.3 Å². The van der Waals surface area contributed by atoms with Gasteiger partial charge < -0.3 is 9.84 Å². The van der Waals surface area contributed by atoms with Gasteiger partial charge in [0.15, 0.2) is 5.69 Å². The van der Waals surface area contributed by atoms with Crippen molar-refractivity contribution in [1.82, 2.24) is 15.0 Å². The van der Waals surface area contributed by atoms with Crippen LogP contribution in [0.25, 0.3) is 11.3 Å². The molecule has 1 heterocycles. The molecule has 1 aromatic heterocycles. The summed E-state index contributed by atoms with van der Waals surface area (Å²) in [5.41, 5.74) is 1.31. The van der Waals surface area contributed by atoms with Gasteiger partial charge in [-0.15, -0.1) is 5.10 Å². The zero-order chi connectivity index (χ0) is 14.4. The van der Waals surface area contributed by atoms with Crippen LogP contribution in [0.3, 0.4) is 0 Å². The lowest BCUT2D eigenvalue weighted by Crippen LogP contribution is -2.07. The van der Waals surface area contributed by atoms with Crippen molar-refractivity contribution in [2.75, 3.05) is 13.2 Å². The molecule has 2 aromatic rings. The molecule has 1 aromatic carbocycles. The molecule has 0 bridgehead atoms. The zero-order valence-corrected chi connectivity index (χ0v) is 11.3. The van der Waals surface area contributed by atoms with Gasteiger partial charge in [-0.05, 0) is 13.3 Å². The minimum Gasteiger partial charge on any atom is -0.476 e. The third-order valence-electron chi connectivity index (χ3n) is 2.85. The fourth-order valence-electron chi connectivity index (χ4n) is 1.96. The molecule has 0 unspecified atom stereocenters. The number of hydrogen-bond donors (Lipinski definition) is 1. The lowest BCUT2D eigenvalue weighted by Gasteiger charge is -2.07. The van der Waals surface area contributed by atoms with Crippen LogP contribution in [0.1, 0.15) is 23.8 Å². The van der Waals surface area contributed by atoms with Gasteiger partial charge in [0.25, 0.3) is 0 Å². The average Bonchev–Trinajstić information content (AvgIpc) is 2.88. The van der Waals surface area contributed by atoms with Crippen molar-refractivity contribution in [3.05, 3.63) is 36.0 Å². The lowest BCUT2D eigenvalue weighted by atomic mass is 10.1. The van der Waals surface area contributed by atoms with Crippen LogP contribution in [0, 0.1) is 0 Å². The van der Waals surface area contributed by atoms with Crippen molar-refractivity contribution in [3.63, 3.8) is 0 Å². The molecule has 0 radical (unpaired) electrons. The Labute approximate surface area is 117 Å². The maximum absolute atomic E-state index is 11.2. The highest BCUT2D eigenvalue weighted by atomic mass is 16.5. The second kappa shape index (κ2) is 6.81. The summed E-state index contributed by atoms with van der Waals surface area (Å²) in [7, 11) is 0. The van der Waals surface area contributed by atoms with Crippen molar-refractivity contribution < 1.29 is 14.6 Å². The molecule has 6 nitrogen and oxygen atoms in total. The highest BCUT2D eigenvalue weighted by Crippen LogP contribution is 2.22. The lowest BCUT2D eigenvalue weighted by molar-refractivity contribution is 0.0691. The SMILES string of the molecule is CCOCCCn1nnc(C(=O)O)c1-c1ccccc1. The highest BCUT2D eigenvalue weighted by molar-refractivity contribution is 5.92. The van der Waals surface area contributed by atoms with E-state index in [1.807, 2.05) is 37.3 Å². The first-order chi connectivity index (χ1) is 9.74. The van der Waals surface area contributed by atoms with Crippen LogP contribution in [-0.2, 0) is 11.3 Å². The number of benzene rings is 1. The van der Waals surface area contributed by atoms with Crippen LogP contribution < -0.4 is 0 Å². The number of carbonyl (C=O) groups is 1. The molecule has 1 N–H and O–H groups in total. The van der Waals surface area contributed by atoms with E-state index in [9.17, 15) is 9.90 Å². The summed E-state index contributed by atoms with van der Waals surface area (Å²) < 4.78 is 6.90. The van der Waals surface area contributed by atoms with Crippen molar-refractivity contribution >= 4 is 5.97 Å². The Morgan fingerprint density at radius 1 is 1.35 bits per heavy atom. The van der Waals surface area contributed by atoms with Crippen LogP contribution in [0.15, 0.2) is 30.3 Å². The van der Waals surface area contributed by atoms with E-state index in [0.717, 1.165) is 12.0 Å². The standard InChI is InChI=1S/C14H17N3O3/c1-2-20-10-6-9-17-13(11-7-4-3-5-8-11)12(14(18)19)15-16-17/h3-5,7-8H,2,6,9-10H2,1H3,(H,18,19). The Morgan fingerprint density at radius 2 is 2.10 bits per heavy atom. The van der Waals surface area contributed by atoms with Gasteiger partial charge in [0.05, 0.1) is 0 Å². The van der Waals surface area contributed by atoms with E-state index in [4.69, 9.17) is 4.74 Å². The van der Waals surface area contributed by atoms with Crippen LogP contribution in [0.5, 0.6) is 0 Å². The van der Waals surface area contributed by atoms with E-state index < -0.39 is 5.97 Å². The number of carboxylic acids is 1. The van der Waals surface area contributed by atoms with E-state index in [-0.39, 0.29) is 5.69 Å². The second-order valence-electron chi connectivity index (χ2n) is 4.23. The average molecular weight is 275 g/mol. The Hall–Kier alpha value is -2.21. The highest BCUT2D eigenvalue weighted by Gasteiger charge is 2.19. The summed E-state index contributed by atoms with van der Waals surface area (Å²) in [5.74, 6) is -1.07. The van der Waals surface area contributed by atoms with Gasteiger partial charge in [-0.1, -0.05) is 35.5 Å². The third kappa shape index (κ3) is 3.21. The largest absolute Gasteiger partial charge is 0.476 e. The quantitative estimate of drug-likeness (QED) is 0.783. The minimum atomic E-state index is -1.07. The summed E-state index contributed by atoms with van der Waals surface area (Å²) in [5, 5.41) is 16.9. The zero-order valence-electron chi connectivity index (χ0n) is 11.3. The Kier molecular flexibility index (Phi) is 4.84. The van der Waals surface area contributed by atoms with Crippen molar-refractivity contribution in [2.24, 2.45) is 0 Å². The molecule has 0 fully saturated rings. The number of nitrogens with zero attached hydrogens (tertiary/aromatic N) is 3. The first-order valence-corrected chi connectivity index (χ1v) is 6.54. The van der Waals surface area contributed by atoms with Crippen molar-refractivity contribution in [2.45, 2.75) is 19.9 Å². The minimum absolute atomic E-state index is 0.0207. The smallest absolute Gasteiger partial charge is 0.358 e. The number of aromatic carboxylic acids is 1. The Morgan fingerprint density at radius 3 is 2.75 bits per heavy atom. The van der Waals surface area contributed by atoms with Crippen LogP contribution in [0.4, 0.5) is 0 Å². The molecule has 6 heteroatoms. The number of hydrogen-bond acceptors (Lipinski definition) is 4. The molecule has 0 aliphatic rings. The maximum atomic E-state index is 11.2.